The molecule has 19 nitrogen and oxygen atoms in total. The lowest BCUT2D eigenvalue weighted by Gasteiger charge is -2.55. The van der Waals surface area contributed by atoms with E-state index in [1.54, 1.807) is 13.0 Å². The summed E-state index contributed by atoms with van der Waals surface area (Å²) in [4.78, 5) is 24.0. The van der Waals surface area contributed by atoms with Gasteiger partial charge in [0, 0.05) is 31.9 Å². The first kappa shape index (κ1) is 47.3. The largest absolute Gasteiger partial charge is 0.458 e. The third-order valence-corrected chi connectivity index (χ3v) is 16.1. The van der Waals surface area contributed by atoms with Crippen LogP contribution in [-0.2, 0) is 52.2 Å². The lowest BCUT2D eigenvalue weighted by molar-refractivity contribution is -0.367. The molecule has 4 saturated carbocycles. The van der Waals surface area contributed by atoms with Gasteiger partial charge in [-0.05, 0) is 87.0 Å². The van der Waals surface area contributed by atoms with Crippen LogP contribution in [0.15, 0.2) is 23.8 Å². The van der Waals surface area contributed by atoms with Crippen LogP contribution in [0.1, 0.15) is 72.1 Å². The van der Waals surface area contributed by atoms with Crippen molar-refractivity contribution >= 4 is 11.9 Å². The summed E-state index contributed by atoms with van der Waals surface area (Å²) in [5.41, 5.74) is 1.10. The molecule has 23 atom stereocenters. The third-order valence-electron chi connectivity index (χ3n) is 16.1. The van der Waals surface area contributed by atoms with Crippen molar-refractivity contribution in [1.29, 1.82) is 0 Å². The van der Waals surface area contributed by atoms with E-state index in [1.807, 2.05) is 0 Å². The van der Waals surface area contributed by atoms with E-state index in [0.29, 0.717) is 24.7 Å². The number of methoxy groups -OCH3 is 1. The highest BCUT2D eigenvalue weighted by Crippen LogP contribution is 2.67. The minimum atomic E-state index is -1.77. The quantitative estimate of drug-likeness (QED) is 0.0709. The highest BCUT2D eigenvalue weighted by Gasteiger charge is 2.65. The minimum Gasteiger partial charge on any atom is -0.458 e. The van der Waals surface area contributed by atoms with Gasteiger partial charge in [-0.15, -0.1) is 0 Å². The molecule has 0 radical (unpaired) electrons. The number of aliphatic hydroxyl groups excluding tert-OH is 7. The van der Waals surface area contributed by atoms with Gasteiger partial charge in [0.15, 0.2) is 25.0 Å². The van der Waals surface area contributed by atoms with Crippen molar-refractivity contribution < 1.29 is 93.1 Å². The van der Waals surface area contributed by atoms with E-state index < -0.39 is 117 Å². The lowest BCUT2D eigenvalue weighted by Crippen LogP contribution is -2.65. The Morgan fingerprint density at radius 3 is 2.24 bits per heavy atom. The molecule has 0 amide bonds. The molecule has 356 valence electrons. The van der Waals surface area contributed by atoms with Crippen LogP contribution in [-0.4, -0.2) is 184 Å². The number of hydrogen-bond acceptors (Lipinski definition) is 19. The van der Waals surface area contributed by atoms with Crippen LogP contribution in [0.2, 0.25) is 0 Å². The van der Waals surface area contributed by atoms with Crippen molar-refractivity contribution in [3.05, 3.63) is 23.8 Å². The number of cyclic esters (lactones) is 1. The van der Waals surface area contributed by atoms with E-state index in [1.165, 1.54) is 7.11 Å². The molecule has 7 fully saturated rings. The number of hydrogen-bond donors (Lipinski definition) is 8. The molecule has 4 aliphatic carbocycles. The normalized spacial score (nSPS) is 51.1. The van der Waals surface area contributed by atoms with Crippen LogP contribution >= 0.6 is 0 Å². The molecule has 4 heterocycles. The predicted molar refractivity (Wildman–Crippen MR) is 212 cm³/mol. The average molecular weight is 899 g/mol. The molecular weight excluding hydrogens is 832 g/mol. The zero-order valence-corrected chi connectivity index (χ0v) is 36.3. The van der Waals surface area contributed by atoms with E-state index in [9.17, 15) is 50.4 Å². The second-order valence-corrected chi connectivity index (χ2v) is 19.4. The van der Waals surface area contributed by atoms with Gasteiger partial charge in [0.1, 0.15) is 67.6 Å². The van der Waals surface area contributed by atoms with Gasteiger partial charge in [-0.1, -0.05) is 19.1 Å². The molecule has 0 bridgehead atoms. The van der Waals surface area contributed by atoms with Crippen molar-refractivity contribution in [1.82, 2.24) is 0 Å². The number of carbonyl (C=O) groups is 2. The summed E-state index contributed by atoms with van der Waals surface area (Å²) in [7, 11) is 1.38. The smallest absolute Gasteiger partial charge is 0.331 e. The van der Waals surface area contributed by atoms with E-state index in [-0.39, 0.29) is 41.8 Å². The Morgan fingerprint density at radius 1 is 0.825 bits per heavy atom. The fourth-order valence-corrected chi connectivity index (χ4v) is 12.6. The van der Waals surface area contributed by atoms with Gasteiger partial charge in [0.2, 0.25) is 0 Å². The standard InChI is InChI=1S/C44H66O19/c1-18-24(21-12-30(47)56-16-21)9-11-44(54)25-7-6-22-13-23(8-10-43(22,4)27(25)14-26(18)44)60-41-36(53)38(55-5)37(19(2)58-41)63-42-39(59-20(3)46)34(51)32(49)29(62-42)17-57-40-35(52)33(50)31(48)28(15-45)61-40/h12,19,22-29,31-42,45,48-54H,1,6-11,13-17H2,2-5H3/t19-,22+,23-,24-,25+,26+,27-,28+,29+,31+,32+,33-,34-,35+,36-,37-,38-,39+,40+,41-,42-,43-,44-/m0/s1. The molecular formula is C44H66O19. The zero-order valence-electron chi connectivity index (χ0n) is 36.3. The highest BCUT2D eigenvalue weighted by atomic mass is 16.8. The molecule has 63 heavy (non-hydrogen) atoms. The van der Waals surface area contributed by atoms with Crippen LogP contribution in [0.5, 0.6) is 0 Å². The maximum Gasteiger partial charge on any atom is 0.331 e. The fraction of sp³-hybridized carbons (Fsp3) is 0.864. The van der Waals surface area contributed by atoms with Gasteiger partial charge in [0.25, 0.3) is 0 Å². The van der Waals surface area contributed by atoms with Crippen molar-refractivity contribution in [2.45, 2.75) is 176 Å². The fourth-order valence-electron chi connectivity index (χ4n) is 12.6. The number of rotatable bonds is 11. The number of esters is 2. The summed E-state index contributed by atoms with van der Waals surface area (Å²) in [6, 6.07) is 0. The van der Waals surface area contributed by atoms with E-state index in [4.69, 9.17) is 42.6 Å². The van der Waals surface area contributed by atoms with Gasteiger partial charge in [-0.25, -0.2) is 4.79 Å². The second-order valence-electron chi connectivity index (χ2n) is 19.4. The van der Waals surface area contributed by atoms with Gasteiger partial charge >= 0.3 is 11.9 Å². The van der Waals surface area contributed by atoms with Crippen molar-refractivity contribution in [3.63, 3.8) is 0 Å². The molecule has 8 aliphatic rings. The SMILES string of the molecule is C=C1[C@@H](C2=CC(=O)OC2)CC[C@@]2(O)[C@@H]1C[C@H]1[C@H]2CC[C@@H]2C[C@@H](O[C@@H]3O[C@@H](C)[C@H](O[C@@H]4O[C@H](CO[C@@H]5O[C@H](CO)[C@@H](O)[C@H](O)[C@H]5O)[C@@H](O)[C@H](O)[C@H]4OC(C)=O)[C@@H](OC)[C@@H]3O)CC[C@@]21C. The molecule has 0 aromatic rings. The van der Waals surface area contributed by atoms with Crippen LogP contribution < -0.4 is 0 Å². The molecule has 0 aromatic carbocycles. The molecule has 8 rings (SSSR count). The van der Waals surface area contributed by atoms with Crippen molar-refractivity contribution in [2.24, 2.45) is 35.0 Å². The molecule has 8 N–H and O–H groups in total. The minimum absolute atomic E-state index is 0.0366. The van der Waals surface area contributed by atoms with Crippen LogP contribution in [0.3, 0.4) is 0 Å². The summed E-state index contributed by atoms with van der Waals surface area (Å²) >= 11 is 0. The molecule has 3 saturated heterocycles. The maximum absolute atomic E-state index is 12.3. The average Bonchev–Trinajstić information content (AvgIpc) is 3.82. The number of ether oxygens (including phenoxy) is 9. The van der Waals surface area contributed by atoms with Gasteiger partial charge in [0.05, 0.1) is 31.0 Å². The Bertz CT molecular complexity index is 1710. The first-order chi connectivity index (χ1) is 29.9. The van der Waals surface area contributed by atoms with Crippen LogP contribution in [0, 0.1) is 35.0 Å². The van der Waals surface area contributed by atoms with E-state index in [0.717, 1.165) is 56.6 Å². The molecule has 19 heteroatoms. The van der Waals surface area contributed by atoms with Gasteiger partial charge < -0.3 is 83.5 Å². The van der Waals surface area contributed by atoms with Crippen molar-refractivity contribution in [2.75, 3.05) is 26.9 Å². The van der Waals surface area contributed by atoms with Gasteiger partial charge in [-0.2, -0.15) is 0 Å². The summed E-state index contributed by atoms with van der Waals surface area (Å²) in [5, 5.41) is 86.5. The Morgan fingerprint density at radius 2 is 1.56 bits per heavy atom. The molecule has 0 spiro atoms. The molecule has 4 aliphatic heterocycles. The van der Waals surface area contributed by atoms with E-state index in [2.05, 4.69) is 13.5 Å². The predicted octanol–water partition coefficient (Wildman–Crippen LogP) is -0.895. The summed E-state index contributed by atoms with van der Waals surface area (Å²) in [5.74, 6) is -0.385. The topological polar surface area (TPSA) is 279 Å². The molecule has 0 aromatic heterocycles. The summed E-state index contributed by atoms with van der Waals surface area (Å²) in [6.45, 7) is 8.68. The Balaban J connectivity index is 0.901. The maximum atomic E-state index is 12.3. The van der Waals surface area contributed by atoms with Gasteiger partial charge in [-0.3, -0.25) is 4.79 Å². The Kier molecular flexibility index (Phi) is 13.9. The Hall–Kier alpha value is -2.18. The lowest BCUT2D eigenvalue weighted by atomic mass is 9.51. The van der Waals surface area contributed by atoms with Crippen LogP contribution in [0.4, 0.5) is 0 Å². The third kappa shape index (κ3) is 8.56. The first-order valence-electron chi connectivity index (χ1n) is 22.5. The zero-order chi connectivity index (χ0) is 45.3. The highest BCUT2D eigenvalue weighted by molar-refractivity contribution is 5.85. The summed E-state index contributed by atoms with van der Waals surface area (Å²) < 4.78 is 52.4. The van der Waals surface area contributed by atoms with E-state index >= 15 is 0 Å². The first-order valence-corrected chi connectivity index (χ1v) is 22.5. The number of aliphatic hydroxyl groups is 8. The monoisotopic (exact) mass is 898 g/mol. The van der Waals surface area contributed by atoms with Crippen molar-refractivity contribution in [3.8, 4) is 0 Å². The Labute approximate surface area is 366 Å². The summed E-state index contributed by atoms with van der Waals surface area (Å²) in [6.07, 6.45) is -13.6. The number of carbonyl (C=O) groups excluding carboxylic acids is 2. The second kappa shape index (κ2) is 18.5. The number of fused-ring (bicyclic) bond motifs is 5. The van der Waals surface area contributed by atoms with Crippen LogP contribution in [0.25, 0.3) is 0 Å². The molecule has 0 unspecified atom stereocenters.